The molecule has 2 N–H and O–H groups in total. The molecule has 2 atom stereocenters. The van der Waals surface area contributed by atoms with Crippen LogP contribution in [-0.2, 0) is 0 Å². The second kappa shape index (κ2) is 6.83. The molecule has 2 rings (SSSR count). The molecular weight excluding hydrogens is 248 g/mol. The third-order valence-electron chi connectivity index (χ3n) is 3.99. The first-order valence-corrected chi connectivity index (χ1v) is 8.57. The van der Waals surface area contributed by atoms with Crippen molar-refractivity contribution in [3.63, 3.8) is 0 Å². The van der Waals surface area contributed by atoms with Gasteiger partial charge < -0.3 is 10.6 Å². The smallest absolute Gasteiger partial charge is 0.166 e. The van der Waals surface area contributed by atoms with Crippen LogP contribution in [0.5, 0.6) is 0 Å². The largest absolute Gasteiger partial charge is 0.360 e. The molecule has 0 aromatic rings. The van der Waals surface area contributed by atoms with Crippen LogP contribution in [0.15, 0.2) is 0 Å². The molecular formula is C13H24N2S2. The second-order valence-corrected chi connectivity index (χ2v) is 6.87. The Balaban J connectivity index is 1.70. The Morgan fingerprint density at radius 3 is 2.35 bits per heavy atom. The molecule has 98 valence electrons. The van der Waals surface area contributed by atoms with Crippen molar-refractivity contribution in [1.29, 1.82) is 0 Å². The van der Waals surface area contributed by atoms with E-state index in [0.29, 0.717) is 12.1 Å². The van der Waals surface area contributed by atoms with Crippen LogP contribution in [0, 0.1) is 0 Å². The Kier molecular flexibility index (Phi) is 5.42. The fraction of sp³-hybridized carbons (Fsp3) is 0.923. The molecule has 2 aliphatic carbocycles. The minimum Gasteiger partial charge on any atom is -0.360 e. The number of hydrogen-bond donors (Lipinski definition) is 2. The van der Waals surface area contributed by atoms with Gasteiger partial charge >= 0.3 is 0 Å². The molecule has 2 aliphatic rings. The van der Waals surface area contributed by atoms with E-state index in [1.54, 1.807) is 0 Å². The summed E-state index contributed by atoms with van der Waals surface area (Å²) in [6, 6.07) is 1.23. The molecule has 0 bridgehead atoms. The van der Waals surface area contributed by atoms with Crippen LogP contribution in [0.1, 0.15) is 51.4 Å². The number of nitrogens with one attached hydrogen (secondary N) is 2. The van der Waals surface area contributed by atoms with Gasteiger partial charge in [-0.15, -0.1) is 0 Å². The van der Waals surface area contributed by atoms with Crippen molar-refractivity contribution in [3.8, 4) is 0 Å². The van der Waals surface area contributed by atoms with Gasteiger partial charge in [0.05, 0.1) is 0 Å². The van der Waals surface area contributed by atoms with Crippen LogP contribution in [-0.4, -0.2) is 28.7 Å². The van der Waals surface area contributed by atoms with Gasteiger partial charge in [-0.2, -0.15) is 11.8 Å². The summed E-state index contributed by atoms with van der Waals surface area (Å²) in [6.45, 7) is 0. The number of hydrogen-bond acceptors (Lipinski definition) is 2. The summed E-state index contributed by atoms with van der Waals surface area (Å²) in [6.07, 6.45) is 12.8. The average Bonchev–Trinajstić information content (AvgIpc) is 2.82. The van der Waals surface area contributed by atoms with Crippen molar-refractivity contribution in [2.45, 2.75) is 68.7 Å². The highest BCUT2D eigenvalue weighted by Crippen LogP contribution is 2.26. The highest BCUT2D eigenvalue weighted by molar-refractivity contribution is 7.99. The molecule has 17 heavy (non-hydrogen) atoms. The summed E-state index contributed by atoms with van der Waals surface area (Å²) in [5.74, 6) is 0. The first-order chi connectivity index (χ1) is 8.28. The summed E-state index contributed by atoms with van der Waals surface area (Å²) < 4.78 is 0. The van der Waals surface area contributed by atoms with Gasteiger partial charge in [0, 0.05) is 17.3 Å². The van der Waals surface area contributed by atoms with Gasteiger partial charge in [-0.1, -0.05) is 19.3 Å². The lowest BCUT2D eigenvalue weighted by molar-refractivity contribution is 0.419. The summed E-state index contributed by atoms with van der Waals surface area (Å²) in [5.41, 5.74) is 0. The molecule has 2 unspecified atom stereocenters. The lowest BCUT2D eigenvalue weighted by atomic mass is 9.95. The van der Waals surface area contributed by atoms with E-state index in [-0.39, 0.29) is 0 Å². The summed E-state index contributed by atoms with van der Waals surface area (Å²) in [7, 11) is 0. The van der Waals surface area contributed by atoms with Crippen LogP contribution in [0.2, 0.25) is 0 Å². The Labute approximate surface area is 115 Å². The molecule has 0 radical (unpaired) electrons. The van der Waals surface area contributed by atoms with Crippen LogP contribution < -0.4 is 10.6 Å². The van der Waals surface area contributed by atoms with Crippen molar-refractivity contribution >= 4 is 29.1 Å². The van der Waals surface area contributed by atoms with E-state index >= 15 is 0 Å². The first kappa shape index (κ1) is 13.5. The molecule has 0 aliphatic heterocycles. The fourth-order valence-corrected chi connectivity index (χ4v) is 4.13. The van der Waals surface area contributed by atoms with E-state index in [0.717, 1.165) is 10.4 Å². The molecule has 0 spiro atoms. The normalized spacial score (nSPS) is 30.2. The van der Waals surface area contributed by atoms with Gasteiger partial charge in [-0.3, -0.25) is 0 Å². The zero-order valence-corrected chi connectivity index (χ0v) is 12.3. The molecule has 2 saturated carbocycles. The monoisotopic (exact) mass is 272 g/mol. The van der Waals surface area contributed by atoms with E-state index < -0.39 is 0 Å². The van der Waals surface area contributed by atoms with E-state index in [2.05, 4.69) is 16.9 Å². The van der Waals surface area contributed by atoms with Gasteiger partial charge in [0.1, 0.15) is 0 Å². The zero-order valence-electron chi connectivity index (χ0n) is 10.7. The van der Waals surface area contributed by atoms with Gasteiger partial charge in [0.15, 0.2) is 5.11 Å². The van der Waals surface area contributed by atoms with Gasteiger partial charge in [0.25, 0.3) is 0 Å². The summed E-state index contributed by atoms with van der Waals surface area (Å²) >= 11 is 7.42. The van der Waals surface area contributed by atoms with E-state index in [1.165, 1.54) is 51.4 Å². The van der Waals surface area contributed by atoms with Crippen molar-refractivity contribution in [2.75, 3.05) is 6.26 Å². The molecule has 0 saturated heterocycles. The van der Waals surface area contributed by atoms with Gasteiger partial charge in [-0.25, -0.2) is 0 Å². The molecule has 0 heterocycles. The van der Waals surface area contributed by atoms with E-state index in [4.69, 9.17) is 12.2 Å². The fourth-order valence-electron chi connectivity index (χ4n) is 2.97. The first-order valence-electron chi connectivity index (χ1n) is 6.87. The van der Waals surface area contributed by atoms with Crippen molar-refractivity contribution < 1.29 is 0 Å². The molecule has 2 nitrogen and oxygen atoms in total. The van der Waals surface area contributed by atoms with E-state index in [9.17, 15) is 0 Å². The van der Waals surface area contributed by atoms with Crippen LogP contribution in [0.4, 0.5) is 0 Å². The summed E-state index contributed by atoms with van der Waals surface area (Å²) in [4.78, 5) is 0. The molecule has 2 fully saturated rings. The van der Waals surface area contributed by atoms with Gasteiger partial charge in [0.2, 0.25) is 0 Å². The number of thiocarbonyl (C=S) groups is 1. The maximum absolute atomic E-state index is 5.42. The van der Waals surface area contributed by atoms with Crippen molar-refractivity contribution in [3.05, 3.63) is 0 Å². The van der Waals surface area contributed by atoms with Crippen molar-refractivity contribution in [1.82, 2.24) is 10.6 Å². The standard InChI is InChI=1S/C13H24N2S2/c1-17-12-8-4-7-11(9-12)15-13(16)14-10-5-2-3-6-10/h10-12H,2-9H2,1H3,(H2,14,15,16). The molecule has 4 heteroatoms. The average molecular weight is 272 g/mol. The third kappa shape index (κ3) is 4.32. The minimum atomic E-state index is 0.600. The number of rotatable bonds is 3. The number of thioether (sulfide) groups is 1. The Bertz CT molecular complexity index is 252. The van der Waals surface area contributed by atoms with Gasteiger partial charge in [-0.05, 0) is 50.6 Å². The Hall–Kier alpha value is 0.0400. The van der Waals surface area contributed by atoms with Crippen LogP contribution in [0.25, 0.3) is 0 Å². The predicted molar refractivity (Wildman–Crippen MR) is 80.7 cm³/mol. The lowest BCUT2D eigenvalue weighted by Crippen LogP contribution is -2.47. The summed E-state index contributed by atoms with van der Waals surface area (Å²) in [5, 5.41) is 8.71. The maximum Gasteiger partial charge on any atom is 0.166 e. The Morgan fingerprint density at radius 2 is 1.65 bits per heavy atom. The van der Waals surface area contributed by atoms with Crippen LogP contribution >= 0.6 is 24.0 Å². The van der Waals surface area contributed by atoms with Crippen molar-refractivity contribution in [2.24, 2.45) is 0 Å². The molecule has 0 aromatic carbocycles. The topological polar surface area (TPSA) is 24.1 Å². The minimum absolute atomic E-state index is 0.600. The van der Waals surface area contributed by atoms with E-state index in [1.807, 2.05) is 11.8 Å². The third-order valence-corrected chi connectivity index (χ3v) is 5.32. The predicted octanol–water partition coefficient (Wildman–Crippen LogP) is 3.07. The maximum atomic E-state index is 5.42. The highest BCUT2D eigenvalue weighted by Gasteiger charge is 2.22. The SMILES string of the molecule is CSC1CCCC(NC(=S)NC2CCCC2)C1. The zero-order chi connectivity index (χ0) is 12.1. The quantitative estimate of drug-likeness (QED) is 0.771. The highest BCUT2D eigenvalue weighted by atomic mass is 32.2. The Morgan fingerprint density at radius 1 is 1.00 bits per heavy atom. The van der Waals surface area contributed by atoms with Crippen LogP contribution in [0.3, 0.4) is 0 Å². The second-order valence-electron chi connectivity index (χ2n) is 5.32. The molecule has 0 amide bonds. The lowest BCUT2D eigenvalue weighted by Gasteiger charge is -2.30. The molecule has 0 aromatic heterocycles.